The van der Waals surface area contributed by atoms with Crippen LogP contribution in [0, 0.1) is 5.92 Å². The smallest absolute Gasteiger partial charge is 0.434 e. The predicted molar refractivity (Wildman–Crippen MR) is 286 cm³/mol. The Bertz CT molecular complexity index is 1390. The summed E-state index contributed by atoms with van der Waals surface area (Å²) in [5.41, 5.74) is 0.761. The fraction of sp³-hybridized carbons (Fsp3) is 0.831. The number of carbonyl (C=O) groups excluding carboxylic acids is 4. The van der Waals surface area contributed by atoms with Crippen LogP contribution in [0.2, 0.25) is 0 Å². The summed E-state index contributed by atoms with van der Waals surface area (Å²) < 4.78 is 21.6. The molecule has 1 atom stereocenters. The normalized spacial score (nSPS) is 12.9. The quantitative estimate of drug-likeness (QED) is 0.0382. The number of β-amino-alcohol motifs (C(OH)–C–C–N with tert-alkyl or cyclic N) is 1. The molecule has 1 heterocycles. The molecule has 11 heteroatoms. The van der Waals surface area contributed by atoms with Crippen molar-refractivity contribution < 1.29 is 43.2 Å². The van der Waals surface area contributed by atoms with Gasteiger partial charge in [-0.25, -0.2) is 9.59 Å². The Labute approximate surface area is 427 Å². The minimum Gasteiger partial charge on any atom is -0.434 e. The van der Waals surface area contributed by atoms with Crippen molar-refractivity contribution in [1.29, 1.82) is 0 Å². The van der Waals surface area contributed by atoms with Crippen LogP contribution >= 0.6 is 0 Å². The summed E-state index contributed by atoms with van der Waals surface area (Å²) in [6, 6.07) is 6.79. The molecule has 2 amide bonds. The summed E-state index contributed by atoms with van der Waals surface area (Å²) in [4.78, 5) is 53.9. The van der Waals surface area contributed by atoms with Gasteiger partial charge in [0.05, 0.1) is 50.2 Å². The Kier molecular flexibility index (Phi) is 40.0. The number of nitrogens with zero attached hydrogens (tertiary/aromatic N) is 2. The van der Waals surface area contributed by atoms with E-state index in [1.807, 2.05) is 0 Å². The van der Waals surface area contributed by atoms with Gasteiger partial charge in [-0.05, 0) is 76.1 Å². The van der Waals surface area contributed by atoms with E-state index < -0.39 is 18.4 Å². The first-order valence-corrected chi connectivity index (χ1v) is 29.2. The van der Waals surface area contributed by atoms with E-state index in [1.165, 1.54) is 161 Å². The van der Waals surface area contributed by atoms with Gasteiger partial charge in [0.25, 0.3) is 11.8 Å². The number of rotatable bonds is 49. The first-order chi connectivity index (χ1) is 34.3. The molecule has 11 nitrogen and oxygen atoms in total. The molecule has 0 saturated heterocycles. The summed E-state index contributed by atoms with van der Waals surface area (Å²) in [7, 11) is 0. The Morgan fingerprint density at radius 1 is 0.457 bits per heavy atom. The van der Waals surface area contributed by atoms with Crippen molar-refractivity contribution in [3.8, 4) is 0 Å². The van der Waals surface area contributed by atoms with Gasteiger partial charge in [-0.2, -0.15) is 0 Å². The van der Waals surface area contributed by atoms with Crippen molar-refractivity contribution >= 4 is 24.1 Å². The minimum atomic E-state index is -0.890. The Balaban J connectivity index is 1.67. The van der Waals surface area contributed by atoms with Gasteiger partial charge in [-0.15, -0.1) is 0 Å². The molecule has 0 aliphatic carbocycles. The highest BCUT2D eigenvalue weighted by Crippen LogP contribution is 2.24. The van der Waals surface area contributed by atoms with Gasteiger partial charge < -0.3 is 29.0 Å². The van der Waals surface area contributed by atoms with E-state index in [4.69, 9.17) is 18.9 Å². The second-order valence-electron chi connectivity index (χ2n) is 20.5. The molecule has 0 bridgehead atoms. The maximum absolute atomic E-state index is 13.0. The molecule has 1 aliphatic rings. The van der Waals surface area contributed by atoms with E-state index in [0.29, 0.717) is 56.4 Å². The topological polar surface area (TPSA) is 132 Å². The number of aliphatic hydroxyl groups excluding tert-OH is 1. The van der Waals surface area contributed by atoms with Crippen molar-refractivity contribution in [2.24, 2.45) is 5.92 Å². The molecule has 0 saturated carbocycles. The number of ether oxygens (including phenoxy) is 4. The first kappa shape index (κ1) is 62.9. The largest absolute Gasteiger partial charge is 0.508 e. The fourth-order valence-electron chi connectivity index (χ4n) is 9.69. The SMILES string of the molecule is CCCCCCCCCCCOC(=O)OCCCCCN(CCCCCCCOC(=O)OCCC(CCCCCCCCCC)CCCCCCCCCC)CC(O)CN1C(=O)c2ccccc2C1=O. The van der Waals surface area contributed by atoms with Crippen LogP contribution in [-0.2, 0) is 18.9 Å². The molecular weight excluding hydrogens is 881 g/mol. The third kappa shape index (κ3) is 32.7. The fourth-order valence-corrected chi connectivity index (χ4v) is 9.69. The maximum Gasteiger partial charge on any atom is 0.508 e. The molecule has 0 aromatic heterocycles. The molecule has 1 N–H and O–H groups in total. The van der Waals surface area contributed by atoms with Crippen LogP contribution in [0.5, 0.6) is 0 Å². The zero-order valence-corrected chi connectivity index (χ0v) is 45.2. The van der Waals surface area contributed by atoms with Gasteiger partial charge in [-0.1, -0.05) is 219 Å². The lowest BCUT2D eigenvalue weighted by molar-refractivity contribution is 0.0468. The van der Waals surface area contributed by atoms with Crippen LogP contribution in [-0.4, -0.2) is 97.7 Å². The Morgan fingerprint density at radius 2 is 0.786 bits per heavy atom. The van der Waals surface area contributed by atoms with Gasteiger partial charge in [0, 0.05) is 6.54 Å². The average molecular weight is 985 g/mol. The van der Waals surface area contributed by atoms with E-state index in [9.17, 15) is 24.3 Å². The molecule has 0 fully saturated rings. The van der Waals surface area contributed by atoms with Crippen LogP contribution in [0.25, 0.3) is 0 Å². The van der Waals surface area contributed by atoms with Crippen LogP contribution in [0.4, 0.5) is 9.59 Å². The lowest BCUT2D eigenvalue weighted by Gasteiger charge is -2.27. The second-order valence-corrected chi connectivity index (χ2v) is 20.5. The van der Waals surface area contributed by atoms with E-state index in [1.54, 1.807) is 24.3 Å². The highest BCUT2D eigenvalue weighted by Gasteiger charge is 2.36. The molecule has 0 spiro atoms. The number of imide groups is 1. The molecule has 0 radical (unpaired) electrons. The molecular formula is C59H104N2O9. The number of amides is 2. The zero-order chi connectivity index (χ0) is 50.5. The molecule has 70 heavy (non-hydrogen) atoms. The molecule has 2 rings (SSSR count). The van der Waals surface area contributed by atoms with Crippen molar-refractivity contribution in [1.82, 2.24) is 9.80 Å². The van der Waals surface area contributed by atoms with E-state index in [-0.39, 0.29) is 18.4 Å². The van der Waals surface area contributed by atoms with Crippen molar-refractivity contribution in [3.05, 3.63) is 35.4 Å². The van der Waals surface area contributed by atoms with Crippen LogP contribution in [0.3, 0.4) is 0 Å². The Hall–Kier alpha value is -3.18. The third-order valence-electron chi connectivity index (χ3n) is 14.1. The van der Waals surface area contributed by atoms with Gasteiger partial charge in [0.1, 0.15) is 0 Å². The highest BCUT2D eigenvalue weighted by molar-refractivity contribution is 6.21. The number of unbranched alkanes of at least 4 members (excludes halogenated alkanes) is 28. The van der Waals surface area contributed by atoms with Crippen molar-refractivity contribution in [2.75, 3.05) is 52.6 Å². The van der Waals surface area contributed by atoms with Crippen LogP contribution < -0.4 is 0 Å². The van der Waals surface area contributed by atoms with Gasteiger partial charge in [-0.3, -0.25) is 14.5 Å². The number of benzene rings is 1. The Morgan fingerprint density at radius 3 is 1.19 bits per heavy atom. The molecule has 1 aliphatic heterocycles. The van der Waals surface area contributed by atoms with Gasteiger partial charge in [0.15, 0.2) is 0 Å². The number of carbonyl (C=O) groups is 4. The predicted octanol–water partition coefficient (Wildman–Crippen LogP) is 16.0. The monoisotopic (exact) mass is 985 g/mol. The number of aliphatic hydroxyl groups is 1. The van der Waals surface area contributed by atoms with Crippen LogP contribution in [0.15, 0.2) is 24.3 Å². The van der Waals surface area contributed by atoms with E-state index in [0.717, 1.165) is 82.2 Å². The first-order valence-electron chi connectivity index (χ1n) is 29.2. The number of fused-ring (bicyclic) bond motifs is 1. The lowest BCUT2D eigenvalue weighted by Crippen LogP contribution is -2.43. The second kappa shape index (κ2) is 44.5. The van der Waals surface area contributed by atoms with Crippen LogP contribution in [0.1, 0.15) is 273 Å². The molecule has 1 aromatic carbocycles. The molecule has 1 aromatic rings. The number of hydrogen-bond acceptors (Lipinski definition) is 10. The standard InChI is InChI=1S/C59H104N2O9/c1-4-7-10-13-16-19-22-27-36-46-67-58(65)68-48-38-29-35-45-60(50-53(62)51-61-56(63)54-41-32-33-42-55(54)57(61)64)44-34-26-23-28-37-47-69-59(66)70-49-43-52(39-30-24-20-17-14-11-8-5-2)40-31-25-21-18-15-12-9-6-3/h32-33,41-42,52-53,62H,4-31,34-40,43-51H2,1-3H3. The minimum absolute atomic E-state index is 0.0561. The van der Waals surface area contributed by atoms with E-state index >= 15 is 0 Å². The average Bonchev–Trinajstić information content (AvgIpc) is 3.59. The molecule has 1 unspecified atom stereocenters. The number of hydrogen-bond donors (Lipinski definition) is 1. The van der Waals surface area contributed by atoms with Gasteiger partial charge >= 0.3 is 12.3 Å². The summed E-state index contributed by atoms with van der Waals surface area (Å²) >= 11 is 0. The van der Waals surface area contributed by atoms with Crippen molar-refractivity contribution in [3.63, 3.8) is 0 Å². The maximum atomic E-state index is 13.0. The van der Waals surface area contributed by atoms with Gasteiger partial charge in [0.2, 0.25) is 0 Å². The lowest BCUT2D eigenvalue weighted by atomic mass is 9.91. The summed E-state index contributed by atoms with van der Waals surface area (Å²) in [6.45, 7) is 10.0. The highest BCUT2D eigenvalue weighted by atomic mass is 16.7. The summed E-state index contributed by atoms with van der Waals surface area (Å²) in [6.07, 6.45) is 40.6. The summed E-state index contributed by atoms with van der Waals surface area (Å²) in [5, 5.41) is 11.1. The van der Waals surface area contributed by atoms with Crippen molar-refractivity contribution in [2.45, 2.75) is 258 Å². The molecule has 404 valence electrons. The third-order valence-corrected chi connectivity index (χ3v) is 14.1. The summed E-state index contributed by atoms with van der Waals surface area (Å²) in [5.74, 6) is -0.116. The zero-order valence-electron chi connectivity index (χ0n) is 45.2. The van der Waals surface area contributed by atoms with E-state index in [2.05, 4.69) is 25.7 Å².